The van der Waals surface area contributed by atoms with Crippen molar-refractivity contribution in [3.05, 3.63) is 46.6 Å². The van der Waals surface area contributed by atoms with E-state index in [9.17, 15) is 4.79 Å². The number of hydrogen-bond donors (Lipinski definition) is 1. The number of nitrogens with two attached hydrogens (primary N) is 1. The Morgan fingerprint density at radius 1 is 1.44 bits per heavy atom. The van der Waals surface area contributed by atoms with Crippen molar-refractivity contribution < 1.29 is 4.79 Å². The number of pyridine rings is 1. The van der Waals surface area contributed by atoms with Gasteiger partial charge in [0, 0.05) is 19.8 Å². The number of nitrogens with zero attached hydrogens (tertiary/aromatic N) is 2. The number of amides is 1. The van der Waals surface area contributed by atoms with Crippen LogP contribution in [0.3, 0.4) is 0 Å². The normalized spacial score (nSPS) is 10.4. The molecule has 1 amide bonds. The molecule has 0 radical (unpaired) electrons. The minimum absolute atomic E-state index is 0.107. The number of carbonyl (C=O) groups excluding carboxylic acids is 1. The predicted molar refractivity (Wildman–Crippen MR) is 73.9 cm³/mol. The number of aromatic nitrogens is 1. The van der Waals surface area contributed by atoms with Crippen LogP contribution in [0.5, 0.6) is 0 Å². The molecule has 5 heteroatoms. The first-order chi connectivity index (χ1) is 8.63. The topological polar surface area (TPSA) is 59.2 Å². The third kappa shape index (κ3) is 2.42. The van der Waals surface area contributed by atoms with Gasteiger partial charge in [0.2, 0.25) is 0 Å². The van der Waals surface area contributed by atoms with Gasteiger partial charge in [-0.3, -0.25) is 9.78 Å². The average molecular weight is 261 g/mol. The maximum atomic E-state index is 12.2. The van der Waals surface area contributed by atoms with E-state index in [1.807, 2.05) is 24.4 Å². The summed E-state index contributed by atoms with van der Waals surface area (Å²) in [7, 11) is 1.76. The lowest BCUT2D eigenvalue weighted by molar-refractivity contribution is 0.0988. The second-order valence-electron chi connectivity index (χ2n) is 4.03. The molecule has 2 heterocycles. The molecule has 0 atom stereocenters. The van der Waals surface area contributed by atoms with Gasteiger partial charge in [0.1, 0.15) is 10.7 Å². The quantitative estimate of drug-likeness (QED) is 0.921. The molecule has 0 aliphatic rings. The molecule has 0 aromatic carbocycles. The zero-order valence-corrected chi connectivity index (χ0v) is 11.2. The van der Waals surface area contributed by atoms with Crippen molar-refractivity contribution >= 4 is 22.2 Å². The summed E-state index contributed by atoms with van der Waals surface area (Å²) in [5.74, 6) is -0.107. The lowest BCUT2D eigenvalue weighted by atomic mass is 10.2. The molecule has 0 saturated heterocycles. The van der Waals surface area contributed by atoms with Crippen molar-refractivity contribution in [2.75, 3.05) is 11.9 Å². The van der Waals surface area contributed by atoms with Gasteiger partial charge in [0.15, 0.2) is 0 Å². The smallest absolute Gasteiger partial charge is 0.277 e. The van der Waals surface area contributed by atoms with Crippen molar-refractivity contribution in [1.82, 2.24) is 4.98 Å². The number of thiophene rings is 1. The van der Waals surface area contributed by atoms with E-state index in [1.165, 1.54) is 0 Å². The van der Waals surface area contributed by atoms with Crippen LogP contribution in [0, 0.1) is 6.92 Å². The molecule has 2 N–H and O–H groups in total. The highest BCUT2D eigenvalue weighted by molar-refractivity contribution is 7.14. The van der Waals surface area contributed by atoms with Crippen LogP contribution in [0.2, 0.25) is 0 Å². The maximum Gasteiger partial charge on any atom is 0.277 e. The van der Waals surface area contributed by atoms with Crippen LogP contribution in [-0.4, -0.2) is 17.9 Å². The lowest BCUT2D eigenvalue weighted by Gasteiger charge is -2.15. The van der Waals surface area contributed by atoms with E-state index in [0.717, 1.165) is 16.1 Å². The largest absolute Gasteiger partial charge is 0.326 e. The molecule has 2 aromatic heterocycles. The Bertz CT molecular complexity index is 548. The van der Waals surface area contributed by atoms with Crippen LogP contribution in [0.4, 0.5) is 5.00 Å². The van der Waals surface area contributed by atoms with Crippen LogP contribution in [0.25, 0.3) is 0 Å². The molecule has 2 aromatic rings. The van der Waals surface area contributed by atoms with Gasteiger partial charge in [-0.25, -0.2) is 0 Å². The number of rotatable bonds is 3. The first-order valence-electron chi connectivity index (χ1n) is 5.60. The first-order valence-corrected chi connectivity index (χ1v) is 6.48. The highest BCUT2D eigenvalue weighted by atomic mass is 32.1. The molecule has 2 rings (SSSR count). The van der Waals surface area contributed by atoms with Crippen molar-refractivity contribution in [2.45, 2.75) is 13.5 Å². The SMILES string of the molecule is Cc1ccsc1N(C)C(=O)c1ccc(CN)cn1. The van der Waals surface area contributed by atoms with Crippen LogP contribution < -0.4 is 10.6 Å². The summed E-state index contributed by atoms with van der Waals surface area (Å²) >= 11 is 1.55. The minimum atomic E-state index is -0.107. The molecule has 94 valence electrons. The fourth-order valence-electron chi connectivity index (χ4n) is 1.64. The third-order valence-electron chi connectivity index (χ3n) is 2.72. The van der Waals surface area contributed by atoms with Gasteiger partial charge >= 0.3 is 0 Å². The van der Waals surface area contributed by atoms with Crippen LogP contribution in [0.15, 0.2) is 29.8 Å². The molecular weight excluding hydrogens is 246 g/mol. The van der Waals surface area contributed by atoms with E-state index >= 15 is 0 Å². The Morgan fingerprint density at radius 3 is 2.72 bits per heavy atom. The van der Waals surface area contributed by atoms with E-state index in [1.54, 1.807) is 35.5 Å². The predicted octanol–water partition coefficient (Wildman–Crippen LogP) is 2.19. The summed E-state index contributed by atoms with van der Waals surface area (Å²) in [6, 6.07) is 5.54. The number of aryl methyl sites for hydroxylation is 1. The zero-order valence-electron chi connectivity index (χ0n) is 10.4. The van der Waals surface area contributed by atoms with Crippen molar-refractivity contribution in [1.29, 1.82) is 0 Å². The van der Waals surface area contributed by atoms with Crippen molar-refractivity contribution in [2.24, 2.45) is 5.73 Å². The fourth-order valence-corrected chi connectivity index (χ4v) is 2.54. The molecule has 0 bridgehead atoms. The number of carbonyl (C=O) groups is 1. The first kappa shape index (κ1) is 12.7. The summed E-state index contributed by atoms with van der Waals surface area (Å²) in [6.07, 6.45) is 1.64. The number of hydrogen-bond acceptors (Lipinski definition) is 4. The molecule has 0 aliphatic carbocycles. The Morgan fingerprint density at radius 2 is 2.22 bits per heavy atom. The van der Waals surface area contributed by atoms with Gasteiger partial charge in [0.25, 0.3) is 5.91 Å². The van der Waals surface area contributed by atoms with E-state index in [2.05, 4.69) is 4.98 Å². The second kappa shape index (κ2) is 5.29. The Kier molecular flexibility index (Phi) is 3.74. The van der Waals surface area contributed by atoms with Gasteiger partial charge in [-0.2, -0.15) is 0 Å². The Labute approximate surface area is 110 Å². The third-order valence-corrected chi connectivity index (χ3v) is 3.82. The molecule has 4 nitrogen and oxygen atoms in total. The summed E-state index contributed by atoms with van der Waals surface area (Å²) in [5.41, 5.74) is 7.94. The fraction of sp³-hybridized carbons (Fsp3) is 0.231. The van der Waals surface area contributed by atoms with Crippen molar-refractivity contribution in [3.63, 3.8) is 0 Å². The van der Waals surface area contributed by atoms with Crippen molar-refractivity contribution in [3.8, 4) is 0 Å². The molecular formula is C13H15N3OS. The van der Waals surface area contributed by atoms with Crippen LogP contribution in [0.1, 0.15) is 21.6 Å². The zero-order chi connectivity index (χ0) is 13.1. The molecule has 0 unspecified atom stereocenters. The second-order valence-corrected chi connectivity index (χ2v) is 4.92. The molecule has 0 fully saturated rings. The van der Waals surface area contributed by atoms with Gasteiger partial charge in [-0.1, -0.05) is 6.07 Å². The van der Waals surface area contributed by atoms with Gasteiger partial charge in [0.05, 0.1) is 0 Å². The highest BCUT2D eigenvalue weighted by Gasteiger charge is 2.17. The molecule has 0 aliphatic heterocycles. The van der Waals surface area contributed by atoms with Gasteiger partial charge in [-0.15, -0.1) is 11.3 Å². The Balaban J connectivity index is 2.23. The number of anilines is 1. The summed E-state index contributed by atoms with van der Waals surface area (Å²) in [6.45, 7) is 2.42. The van der Waals surface area contributed by atoms with E-state index in [4.69, 9.17) is 5.73 Å². The summed E-state index contributed by atoms with van der Waals surface area (Å²) in [4.78, 5) is 18.0. The maximum absolute atomic E-state index is 12.2. The Hall–Kier alpha value is -1.72. The van der Waals surface area contributed by atoms with Gasteiger partial charge in [-0.05, 0) is 35.6 Å². The van der Waals surface area contributed by atoms with E-state index in [0.29, 0.717) is 12.2 Å². The summed E-state index contributed by atoms with van der Waals surface area (Å²) < 4.78 is 0. The standard InChI is InChI=1S/C13H15N3OS/c1-9-5-6-18-13(9)16(2)12(17)11-4-3-10(7-14)8-15-11/h3-6,8H,7,14H2,1-2H3. The van der Waals surface area contributed by atoms with Crippen LogP contribution in [-0.2, 0) is 6.54 Å². The van der Waals surface area contributed by atoms with E-state index < -0.39 is 0 Å². The highest BCUT2D eigenvalue weighted by Crippen LogP contribution is 2.26. The lowest BCUT2D eigenvalue weighted by Crippen LogP contribution is -2.26. The molecule has 18 heavy (non-hydrogen) atoms. The average Bonchev–Trinajstić information content (AvgIpc) is 2.83. The minimum Gasteiger partial charge on any atom is -0.326 e. The summed E-state index contributed by atoms with van der Waals surface area (Å²) in [5, 5.41) is 2.92. The molecule has 0 spiro atoms. The monoisotopic (exact) mass is 261 g/mol. The van der Waals surface area contributed by atoms with Crippen LogP contribution >= 0.6 is 11.3 Å². The van der Waals surface area contributed by atoms with Gasteiger partial charge < -0.3 is 10.6 Å². The van der Waals surface area contributed by atoms with E-state index in [-0.39, 0.29) is 5.91 Å². The molecule has 0 saturated carbocycles.